The number of hydrogen-bond donors (Lipinski definition) is 2. The van der Waals surface area contributed by atoms with Crippen molar-refractivity contribution in [3.63, 3.8) is 0 Å². The molecule has 0 aliphatic carbocycles. The van der Waals surface area contributed by atoms with Crippen LogP contribution in [0.2, 0.25) is 0 Å². The fourth-order valence-electron chi connectivity index (χ4n) is 3.29. The first kappa shape index (κ1) is 20.6. The Morgan fingerprint density at radius 3 is 2.24 bits per heavy atom. The average molecular weight is 410 g/mol. The molecule has 5 nitrogen and oxygen atoms in total. The van der Waals surface area contributed by atoms with E-state index >= 15 is 0 Å². The Morgan fingerprint density at radius 2 is 1.62 bits per heavy atom. The zero-order chi connectivity index (χ0) is 21.0. The minimum Gasteiger partial charge on any atom is -0.508 e. The van der Waals surface area contributed by atoms with E-state index in [0.29, 0.717) is 5.56 Å². The maximum atomic E-state index is 12.8. The Hall–Kier alpha value is -3.12. The fourth-order valence-corrected chi connectivity index (χ4v) is 4.62. The molecule has 0 bridgehead atoms. The lowest BCUT2D eigenvalue weighted by molar-refractivity contribution is 0.0696. The average Bonchev–Trinajstić information content (AvgIpc) is 2.70. The fraction of sp³-hybridized carbons (Fsp3) is 0.174. The lowest BCUT2D eigenvalue weighted by atomic mass is 9.87. The molecule has 0 saturated carbocycles. The number of sulfone groups is 1. The van der Waals surface area contributed by atoms with E-state index in [-0.39, 0.29) is 28.4 Å². The van der Waals surface area contributed by atoms with Gasteiger partial charge in [0.15, 0.2) is 9.84 Å². The number of rotatable bonds is 7. The number of carbonyl (C=O) groups is 1. The summed E-state index contributed by atoms with van der Waals surface area (Å²) in [5, 5.41) is 19.7. The third-order valence-corrected chi connectivity index (χ3v) is 6.67. The maximum Gasteiger partial charge on any atom is 0.335 e. The summed E-state index contributed by atoms with van der Waals surface area (Å²) in [5.74, 6) is -1.76. The minimum absolute atomic E-state index is 0.0418. The van der Waals surface area contributed by atoms with Gasteiger partial charge in [-0.25, -0.2) is 13.2 Å². The first-order valence-corrected chi connectivity index (χ1v) is 10.8. The van der Waals surface area contributed by atoms with Crippen molar-refractivity contribution in [3.8, 4) is 5.75 Å². The standard InChI is InChI=1S/C23H22O5S/c1-16-7-10-19(11-8-16)29(27,28)14-13-20(17-5-3-2-4-6-17)21-15-18(23(25)26)9-12-22(21)24/h2-12,15,20,24H,13-14H2,1H3,(H,25,26). The molecular formula is C23H22O5S. The monoisotopic (exact) mass is 410 g/mol. The van der Waals surface area contributed by atoms with Crippen LogP contribution in [0.3, 0.4) is 0 Å². The number of aromatic hydroxyl groups is 1. The van der Waals surface area contributed by atoms with Gasteiger partial charge in [0.1, 0.15) is 5.75 Å². The molecule has 3 aromatic carbocycles. The lowest BCUT2D eigenvalue weighted by Crippen LogP contribution is -2.13. The molecule has 1 unspecified atom stereocenters. The number of phenols is 1. The van der Waals surface area contributed by atoms with Gasteiger partial charge in [0.2, 0.25) is 0 Å². The van der Waals surface area contributed by atoms with Crippen molar-refractivity contribution in [1.29, 1.82) is 0 Å². The third kappa shape index (κ3) is 4.84. The molecule has 0 radical (unpaired) electrons. The highest BCUT2D eigenvalue weighted by Crippen LogP contribution is 2.35. The smallest absolute Gasteiger partial charge is 0.335 e. The van der Waals surface area contributed by atoms with Crippen molar-refractivity contribution < 1.29 is 23.4 Å². The molecule has 0 spiro atoms. The van der Waals surface area contributed by atoms with Crippen molar-refractivity contribution in [2.75, 3.05) is 5.75 Å². The van der Waals surface area contributed by atoms with Crippen LogP contribution < -0.4 is 0 Å². The lowest BCUT2D eigenvalue weighted by Gasteiger charge is -2.20. The number of phenolic OH excluding ortho intramolecular Hbond substituents is 1. The molecule has 29 heavy (non-hydrogen) atoms. The third-order valence-electron chi connectivity index (χ3n) is 4.91. The number of carboxylic acids is 1. The van der Waals surface area contributed by atoms with Crippen molar-refractivity contribution in [3.05, 3.63) is 95.1 Å². The van der Waals surface area contributed by atoms with Gasteiger partial charge in [0.05, 0.1) is 16.2 Å². The summed E-state index contributed by atoms with van der Waals surface area (Å²) in [7, 11) is -3.53. The van der Waals surface area contributed by atoms with E-state index in [9.17, 15) is 23.4 Å². The first-order chi connectivity index (χ1) is 13.8. The number of aromatic carboxylic acids is 1. The molecule has 0 aliphatic rings. The van der Waals surface area contributed by atoms with Crippen LogP contribution in [-0.4, -0.2) is 30.4 Å². The van der Waals surface area contributed by atoms with Crippen LogP contribution in [0.1, 0.15) is 39.4 Å². The van der Waals surface area contributed by atoms with Crippen LogP contribution in [0.5, 0.6) is 5.75 Å². The molecule has 1 atom stereocenters. The zero-order valence-electron chi connectivity index (χ0n) is 15.9. The van der Waals surface area contributed by atoms with Gasteiger partial charge < -0.3 is 10.2 Å². The number of carboxylic acid groups (broad SMARTS) is 1. The summed E-state index contributed by atoms with van der Waals surface area (Å²) in [5.41, 5.74) is 2.22. The Labute approximate surface area is 170 Å². The van der Waals surface area contributed by atoms with Crippen molar-refractivity contribution >= 4 is 15.8 Å². The number of aryl methyl sites for hydroxylation is 1. The van der Waals surface area contributed by atoms with Gasteiger partial charge in [-0.3, -0.25) is 0 Å². The first-order valence-electron chi connectivity index (χ1n) is 9.18. The summed E-state index contributed by atoms with van der Waals surface area (Å²) in [6.07, 6.45) is 0.205. The van der Waals surface area contributed by atoms with Gasteiger partial charge in [0, 0.05) is 11.5 Å². The highest BCUT2D eigenvalue weighted by Gasteiger charge is 2.23. The quantitative estimate of drug-likeness (QED) is 0.603. The Kier molecular flexibility index (Phi) is 6.03. The largest absolute Gasteiger partial charge is 0.508 e. The highest BCUT2D eigenvalue weighted by atomic mass is 32.2. The molecule has 6 heteroatoms. The predicted octanol–water partition coefficient (Wildman–Crippen LogP) is 4.39. The Balaban J connectivity index is 1.97. The summed E-state index contributed by atoms with van der Waals surface area (Å²) < 4.78 is 25.6. The van der Waals surface area contributed by atoms with Gasteiger partial charge in [-0.15, -0.1) is 0 Å². The summed E-state index contributed by atoms with van der Waals surface area (Å²) in [4.78, 5) is 11.6. The van der Waals surface area contributed by atoms with Gasteiger partial charge in [0.25, 0.3) is 0 Å². The number of benzene rings is 3. The molecule has 3 rings (SSSR count). The molecular weight excluding hydrogens is 388 g/mol. The van der Waals surface area contributed by atoms with Crippen LogP contribution in [0, 0.1) is 6.92 Å². The molecule has 0 saturated heterocycles. The topological polar surface area (TPSA) is 91.7 Å². The van der Waals surface area contributed by atoms with Crippen LogP contribution in [0.4, 0.5) is 0 Å². The van der Waals surface area contributed by atoms with E-state index in [4.69, 9.17) is 0 Å². The van der Waals surface area contributed by atoms with Crippen molar-refractivity contribution in [1.82, 2.24) is 0 Å². The summed E-state index contributed by atoms with van der Waals surface area (Å²) in [6.45, 7) is 1.89. The molecule has 0 fully saturated rings. The predicted molar refractivity (Wildman–Crippen MR) is 111 cm³/mol. The molecule has 0 amide bonds. The van der Waals surface area contributed by atoms with Gasteiger partial charge in [-0.05, 0) is 49.2 Å². The van der Waals surface area contributed by atoms with E-state index in [0.717, 1.165) is 11.1 Å². The highest BCUT2D eigenvalue weighted by molar-refractivity contribution is 7.91. The van der Waals surface area contributed by atoms with Crippen molar-refractivity contribution in [2.24, 2.45) is 0 Å². The van der Waals surface area contributed by atoms with Crippen molar-refractivity contribution in [2.45, 2.75) is 24.2 Å². The molecule has 0 aliphatic heterocycles. The van der Waals surface area contributed by atoms with E-state index < -0.39 is 21.7 Å². The zero-order valence-corrected chi connectivity index (χ0v) is 16.8. The van der Waals surface area contributed by atoms with Gasteiger partial charge in [-0.2, -0.15) is 0 Å². The summed E-state index contributed by atoms with van der Waals surface area (Å²) in [6, 6.07) is 19.9. The van der Waals surface area contributed by atoms with Crippen LogP contribution in [0.25, 0.3) is 0 Å². The second-order valence-corrected chi connectivity index (χ2v) is 9.07. The second kappa shape index (κ2) is 8.49. The molecule has 150 valence electrons. The number of hydrogen-bond acceptors (Lipinski definition) is 4. The SMILES string of the molecule is Cc1ccc(S(=O)(=O)CCC(c2ccccc2)c2cc(C(=O)O)ccc2O)cc1. The van der Waals surface area contributed by atoms with Crippen LogP contribution in [-0.2, 0) is 9.84 Å². The van der Waals surface area contributed by atoms with E-state index in [2.05, 4.69) is 0 Å². The maximum absolute atomic E-state index is 12.8. The normalized spacial score (nSPS) is 12.4. The molecule has 0 aromatic heterocycles. The molecule has 0 heterocycles. The summed E-state index contributed by atoms with van der Waals surface area (Å²) >= 11 is 0. The van der Waals surface area contributed by atoms with E-state index in [1.807, 2.05) is 37.3 Å². The molecule has 3 aromatic rings. The minimum atomic E-state index is -3.53. The van der Waals surface area contributed by atoms with E-state index in [1.165, 1.54) is 18.2 Å². The second-order valence-electron chi connectivity index (χ2n) is 6.96. The van der Waals surface area contributed by atoms with Gasteiger partial charge >= 0.3 is 5.97 Å². The van der Waals surface area contributed by atoms with Gasteiger partial charge in [-0.1, -0.05) is 48.0 Å². The van der Waals surface area contributed by atoms with Crippen LogP contribution in [0.15, 0.2) is 77.7 Å². The molecule has 2 N–H and O–H groups in total. The van der Waals surface area contributed by atoms with Crippen LogP contribution >= 0.6 is 0 Å². The van der Waals surface area contributed by atoms with E-state index in [1.54, 1.807) is 24.3 Å². The Morgan fingerprint density at radius 1 is 0.966 bits per heavy atom. The Bertz CT molecular complexity index is 1100.